The number of primary amides is 1. The molecule has 0 saturated carbocycles. The summed E-state index contributed by atoms with van der Waals surface area (Å²) in [7, 11) is 0. The lowest BCUT2D eigenvalue weighted by molar-refractivity contribution is 0.100. The largest absolute Gasteiger partial charge is 0.476 e. The van der Waals surface area contributed by atoms with Crippen molar-refractivity contribution in [3.63, 3.8) is 0 Å². The van der Waals surface area contributed by atoms with Gasteiger partial charge >= 0.3 is 0 Å². The Labute approximate surface area is 164 Å². The van der Waals surface area contributed by atoms with Gasteiger partial charge in [-0.3, -0.25) is 4.79 Å². The van der Waals surface area contributed by atoms with Crippen molar-refractivity contribution in [2.24, 2.45) is 5.73 Å². The smallest absolute Gasteiger partial charge is 0.250 e. The molecule has 3 aromatic rings. The van der Waals surface area contributed by atoms with E-state index in [1.54, 1.807) is 18.3 Å². The van der Waals surface area contributed by atoms with Gasteiger partial charge in [0.1, 0.15) is 17.9 Å². The number of aromatic amines is 1. The number of nitrogens with zero attached hydrogens (tertiary/aromatic N) is 3. The summed E-state index contributed by atoms with van der Waals surface area (Å²) >= 11 is 0. The van der Waals surface area contributed by atoms with Crippen LogP contribution in [-0.4, -0.2) is 52.0 Å². The van der Waals surface area contributed by atoms with Crippen LogP contribution in [0.5, 0.6) is 5.88 Å². The zero-order valence-corrected chi connectivity index (χ0v) is 16.3. The highest BCUT2D eigenvalue weighted by Crippen LogP contribution is 2.28. The summed E-state index contributed by atoms with van der Waals surface area (Å²) in [6, 6.07) is 9.01. The van der Waals surface area contributed by atoms with Crippen molar-refractivity contribution in [2.45, 2.75) is 13.8 Å². The number of benzene rings is 1. The van der Waals surface area contributed by atoms with Crippen molar-refractivity contribution in [2.75, 3.05) is 26.2 Å². The Balaban J connectivity index is 0.00000261. The van der Waals surface area contributed by atoms with Crippen molar-refractivity contribution >= 4 is 29.3 Å². The molecule has 0 aliphatic carbocycles. The van der Waals surface area contributed by atoms with Crippen LogP contribution in [0.1, 0.15) is 24.2 Å². The number of halogens is 1. The number of ether oxygens (including phenoxy) is 1. The normalized spacial score (nSPS) is 10.8. The van der Waals surface area contributed by atoms with Gasteiger partial charge < -0.3 is 20.4 Å². The number of rotatable bonds is 8. The Morgan fingerprint density at radius 1 is 1.22 bits per heavy atom. The number of hydrogen-bond acceptors (Lipinski definition) is 5. The molecule has 2 heterocycles. The highest BCUT2D eigenvalue weighted by Gasteiger charge is 2.15. The average molecular weight is 390 g/mol. The van der Waals surface area contributed by atoms with E-state index in [9.17, 15) is 4.79 Å². The van der Waals surface area contributed by atoms with Crippen molar-refractivity contribution < 1.29 is 9.53 Å². The number of fused-ring (bicyclic) bond motifs is 1. The molecule has 1 aromatic carbocycles. The molecule has 7 nitrogen and oxygen atoms in total. The Morgan fingerprint density at radius 2 is 2.00 bits per heavy atom. The van der Waals surface area contributed by atoms with Crippen LogP contribution in [0, 0.1) is 0 Å². The minimum Gasteiger partial charge on any atom is -0.476 e. The number of pyridine rings is 1. The number of carbonyl (C=O) groups is 1. The number of imidazole rings is 1. The third-order valence-corrected chi connectivity index (χ3v) is 4.35. The van der Waals surface area contributed by atoms with E-state index in [0.29, 0.717) is 29.4 Å². The lowest BCUT2D eigenvalue weighted by Gasteiger charge is -2.18. The first-order valence-electron chi connectivity index (χ1n) is 8.73. The molecule has 3 N–H and O–H groups in total. The summed E-state index contributed by atoms with van der Waals surface area (Å²) in [4.78, 5) is 26.0. The number of amides is 1. The molecular formula is C19H24ClN5O2. The Bertz CT molecular complexity index is 908. The second-order valence-electron chi connectivity index (χ2n) is 5.88. The lowest BCUT2D eigenvalue weighted by Crippen LogP contribution is -2.28. The summed E-state index contributed by atoms with van der Waals surface area (Å²) in [5.41, 5.74) is 7.87. The third kappa shape index (κ3) is 4.56. The molecule has 0 spiro atoms. The van der Waals surface area contributed by atoms with Gasteiger partial charge in [-0.25, -0.2) is 9.97 Å². The maximum Gasteiger partial charge on any atom is 0.250 e. The van der Waals surface area contributed by atoms with Gasteiger partial charge in [0.15, 0.2) is 0 Å². The molecule has 0 aliphatic heterocycles. The van der Waals surface area contributed by atoms with Crippen LogP contribution in [0.2, 0.25) is 0 Å². The lowest BCUT2D eigenvalue weighted by atomic mass is 10.2. The first kappa shape index (κ1) is 20.7. The van der Waals surface area contributed by atoms with E-state index in [4.69, 9.17) is 10.5 Å². The number of aromatic nitrogens is 3. The standard InChI is InChI=1S/C19H23N5O2.ClH/c1-3-24(4-2)11-12-26-19-14(8-6-10-21-19)18-22-15-9-5-7-13(17(20)25)16(15)23-18;/h5-10H,3-4,11-12H2,1-2H3,(H2,20,25)(H,22,23);1H. The van der Waals surface area contributed by atoms with E-state index in [2.05, 4.69) is 33.7 Å². The summed E-state index contributed by atoms with van der Waals surface area (Å²) in [6.07, 6.45) is 1.69. The molecule has 0 fully saturated rings. The number of nitrogens with two attached hydrogens (primary N) is 1. The van der Waals surface area contributed by atoms with Gasteiger partial charge in [0, 0.05) is 12.7 Å². The van der Waals surface area contributed by atoms with Crippen molar-refractivity contribution in [3.8, 4) is 17.3 Å². The SMILES string of the molecule is CCN(CC)CCOc1ncccc1-c1nc2c(C(N)=O)cccc2[nH]1.Cl. The van der Waals surface area contributed by atoms with Gasteiger partial charge in [-0.05, 0) is 37.4 Å². The van der Waals surface area contributed by atoms with Crippen LogP contribution < -0.4 is 10.5 Å². The van der Waals surface area contributed by atoms with Crippen molar-refractivity contribution in [3.05, 3.63) is 42.1 Å². The monoisotopic (exact) mass is 389 g/mol. The third-order valence-electron chi connectivity index (χ3n) is 4.35. The summed E-state index contributed by atoms with van der Waals surface area (Å²) in [6.45, 7) is 7.58. The van der Waals surface area contributed by atoms with E-state index in [-0.39, 0.29) is 12.4 Å². The molecule has 0 radical (unpaired) electrons. The van der Waals surface area contributed by atoms with Crippen LogP contribution in [0.15, 0.2) is 36.5 Å². The van der Waals surface area contributed by atoms with Crippen LogP contribution in [0.25, 0.3) is 22.4 Å². The topological polar surface area (TPSA) is 97.1 Å². The number of likely N-dealkylation sites (N-methyl/N-ethyl adjacent to an activating group) is 1. The molecule has 1 amide bonds. The van der Waals surface area contributed by atoms with E-state index in [0.717, 1.165) is 30.7 Å². The highest BCUT2D eigenvalue weighted by atomic mass is 35.5. The average Bonchev–Trinajstić information content (AvgIpc) is 3.09. The highest BCUT2D eigenvalue weighted by molar-refractivity contribution is 6.04. The summed E-state index contributed by atoms with van der Waals surface area (Å²) in [5, 5.41) is 0. The van der Waals surface area contributed by atoms with Gasteiger partial charge in [0.2, 0.25) is 5.88 Å². The molecule has 0 saturated heterocycles. The Kier molecular flexibility index (Phi) is 7.15. The van der Waals surface area contributed by atoms with Crippen LogP contribution in [-0.2, 0) is 0 Å². The van der Waals surface area contributed by atoms with Crippen LogP contribution in [0.4, 0.5) is 0 Å². The molecule has 8 heteroatoms. The zero-order valence-electron chi connectivity index (χ0n) is 15.4. The predicted molar refractivity (Wildman–Crippen MR) is 108 cm³/mol. The Hall–Kier alpha value is -2.64. The minimum atomic E-state index is -0.504. The molecule has 0 aliphatic rings. The van der Waals surface area contributed by atoms with E-state index >= 15 is 0 Å². The fourth-order valence-electron chi connectivity index (χ4n) is 2.86. The molecule has 144 valence electrons. The van der Waals surface area contributed by atoms with E-state index < -0.39 is 5.91 Å². The number of hydrogen-bond donors (Lipinski definition) is 2. The van der Waals surface area contributed by atoms with Crippen LogP contribution in [0.3, 0.4) is 0 Å². The first-order chi connectivity index (χ1) is 12.6. The van der Waals surface area contributed by atoms with Gasteiger partial charge in [-0.1, -0.05) is 19.9 Å². The van der Waals surface area contributed by atoms with Gasteiger partial charge in [-0.15, -0.1) is 12.4 Å². The van der Waals surface area contributed by atoms with Crippen molar-refractivity contribution in [1.82, 2.24) is 19.9 Å². The molecule has 27 heavy (non-hydrogen) atoms. The molecule has 2 aromatic heterocycles. The Morgan fingerprint density at radius 3 is 2.70 bits per heavy atom. The number of carbonyl (C=O) groups excluding carboxylic acids is 1. The molecule has 0 atom stereocenters. The van der Waals surface area contributed by atoms with E-state index in [1.165, 1.54) is 0 Å². The maximum atomic E-state index is 11.6. The zero-order chi connectivity index (χ0) is 18.5. The predicted octanol–water partition coefficient (Wildman–Crippen LogP) is 2.87. The summed E-state index contributed by atoms with van der Waals surface area (Å²) in [5.74, 6) is 0.606. The van der Waals surface area contributed by atoms with Crippen molar-refractivity contribution in [1.29, 1.82) is 0 Å². The fraction of sp³-hybridized carbons (Fsp3) is 0.316. The van der Waals surface area contributed by atoms with Gasteiger partial charge in [-0.2, -0.15) is 0 Å². The van der Waals surface area contributed by atoms with Gasteiger partial charge in [0.05, 0.1) is 16.6 Å². The van der Waals surface area contributed by atoms with Gasteiger partial charge in [0.25, 0.3) is 5.91 Å². The fourth-order valence-corrected chi connectivity index (χ4v) is 2.86. The second kappa shape index (κ2) is 9.34. The number of nitrogens with one attached hydrogen (secondary N) is 1. The first-order valence-corrected chi connectivity index (χ1v) is 8.73. The maximum absolute atomic E-state index is 11.6. The quantitative estimate of drug-likeness (QED) is 0.617. The summed E-state index contributed by atoms with van der Waals surface area (Å²) < 4.78 is 5.89. The van der Waals surface area contributed by atoms with E-state index in [1.807, 2.05) is 18.2 Å². The molecular weight excluding hydrogens is 366 g/mol. The second-order valence-corrected chi connectivity index (χ2v) is 5.88. The molecule has 0 unspecified atom stereocenters. The minimum absolute atomic E-state index is 0. The molecule has 3 rings (SSSR count). The van der Waals surface area contributed by atoms with Crippen LogP contribution >= 0.6 is 12.4 Å². The number of para-hydroxylation sites is 1. The number of H-pyrrole nitrogens is 1. The molecule has 0 bridgehead atoms.